The number of hydrogen-bond acceptors (Lipinski definition) is 4. The van der Waals surface area contributed by atoms with Crippen LogP contribution in [-0.4, -0.2) is 38.7 Å². The minimum atomic E-state index is 0.181. The average molecular weight is 344 g/mol. The second-order valence-electron chi connectivity index (χ2n) is 7.11. The van der Waals surface area contributed by atoms with Gasteiger partial charge in [0, 0.05) is 25.6 Å². The Balaban J connectivity index is 1.67. The van der Waals surface area contributed by atoms with Gasteiger partial charge in [0.05, 0.1) is 4.88 Å². The number of hydrogen-bond donors (Lipinski definition) is 0. The Morgan fingerprint density at radius 2 is 2.21 bits per heavy atom. The van der Waals surface area contributed by atoms with E-state index in [0.29, 0.717) is 5.92 Å². The number of carbonyl (C=O) groups excluding carboxylic acids is 1. The van der Waals surface area contributed by atoms with Gasteiger partial charge in [-0.05, 0) is 36.6 Å². The highest BCUT2D eigenvalue weighted by Gasteiger charge is 2.50. The van der Waals surface area contributed by atoms with Crippen LogP contribution in [0.3, 0.4) is 0 Å². The summed E-state index contributed by atoms with van der Waals surface area (Å²) >= 11 is 1.53. The van der Waals surface area contributed by atoms with Gasteiger partial charge in [-0.25, -0.2) is 0 Å². The predicted octanol–water partition coefficient (Wildman–Crippen LogP) is 3.55. The molecule has 1 aliphatic heterocycles. The van der Waals surface area contributed by atoms with Crippen LogP contribution in [-0.2, 0) is 6.54 Å². The van der Waals surface area contributed by atoms with Crippen molar-refractivity contribution in [2.24, 2.45) is 5.41 Å². The number of nitrogens with zero attached hydrogens (tertiary/aromatic N) is 4. The molecule has 0 N–H and O–H groups in total. The maximum Gasteiger partial charge on any atom is 0.263 e. The monoisotopic (exact) mass is 344 g/mol. The summed E-state index contributed by atoms with van der Waals surface area (Å²) in [5, 5.41) is 10.6. The van der Waals surface area contributed by atoms with Crippen LogP contribution in [0.25, 0.3) is 0 Å². The van der Waals surface area contributed by atoms with Gasteiger partial charge >= 0.3 is 0 Å². The first-order chi connectivity index (χ1) is 11.7. The van der Waals surface area contributed by atoms with E-state index in [-0.39, 0.29) is 11.3 Å². The van der Waals surface area contributed by atoms with E-state index in [0.717, 1.165) is 30.3 Å². The molecule has 2 aliphatic rings. The molecule has 6 heteroatoms. The van der Waals surface area contributed by atoms with Crippen LogP contribution in [0.15, 0.2) is 23.8 Å². The van der Waals surface area contributed by atoms with Crippen molar-refractivity contribution in [2.75, 3.05) is 13.1 Å². The first-order valence-electron chi connectivity index (χ1n) is 8.94. The Morgan fingerprint density at radius 1 is 1.38 bits per heavy atom. The van der Waals surface area contributed by atoms with Crippen molar-refractivity contribution in [3.05, 3.63) is 34.5 Å². The second kappa shape index (κ2) is 6.31. The third-order valence-electron chi connectivity index (χ3n) is 5.81. The lowest BCUT2D eigenvalue weighted by atomic mass is 9.67. The first kappa shape index (κ1) is 15.8. The van der Waals surface area contributed by atoms with Gasteiger partial charge in [0.1, 0.15) is 12.2 Å². The van der Waals surface area contributed by atoms with E-state index >= 15 is 0 Å². The summed E-state index contributed by atoms with van der Waals surface area (Å²) in [7, 11) is 0. The maximum absolute atomic E-state index is 12.9. The van der Waals surface area contributed by atoms with Crippen molar-refractivity contribution >= 4 is 17.2 Å². The van der Waals surface area contributed by atoms with E-state index in [2.05, 4.69) is 26.6 Å². The molecule has 1 aliphatic carbocycles. The molecule has 0 bridgehead atoms. The molecule has 24 heavy (non-hydrogen) atoms. The number of amides is 1. The number of likely N-dealkylation sites (tertiary alicyclic amines) is 1. The molecular formula is C18H24N4OS. The van der Waals surface area contributed by atoms with Crippen LogP contribution in [0.2, 0.25) is 0 Å². The van der Waals surface area contributed by atoms with Crippen LogP contribution >= 0.6 is 11.3 Å². The van der Waals surface area contributed by atoms with Crippen molar-refractivity contribution in [3.63, 3.8) is 0 Å². The number of rotatable bonds is 3. The molecule has 128 valence electrons. The molecular weight excluding hydrogens is 320 g/mol. The highest BCUT2D eigenvalue weighted by Crippen LogP contribution is 2.51. The Morgan fingerprint density at radius 3 is 2.92 bits per heavy atom. The molecule has 2 fully saturated rings. The number of thiophene rings is 1. The fraction of sp³-hybridized carbons (Fsp3) is 0.611. The fourth-order valence-electron chi connectivity index (χ4n) is 4.58. The third kappa shape index (κ3) is 2.57. The molecule has 1 spiro atoms. The molecule has 2 aromatic rings. The highest BCUT2D eigenvalue weighted by atomic mass is 32.1. The van der Waals surface area contributed by atoms with Crippen molar-refractivity contribution in [1.82, 2.24) is 19.7 Å². The van der Waals surface area contributed by atoms with E-state index < -0.39 is 0 Å². The van der Waals surface area contributed by atoms with Gasteiger partial charge < -0.3 is 9.47 Å². The van der Waals surface area contributed by atoms with Gasteiger partial charge in [-0.15, -0.1) is 21.5 Å². The van der Waals surface area contributed by atoms with Crippen LogP contribution in [0.4, 0.5) is 0 Å². The number of carbonyl (C=O) groups is 1. The zero-order valence-electron chi connectivity index (χ0n) is 14.1. The first-order valence-corrected chi connectivity index (χ1v) is 9.82. The largest absolute Gasteiger partial charge is 0.337 e. The third-order valence-corrected chi connectivity index (χ3v) is 6.67. The molecule has 0 radical (unpaired) electrons. The Kier molecular flexibility index (Phi) is 4.16. The van der Waals surface area contributed by atoms with Gasteiger partial charge in [-0.1, -0.05) is 25.3 Å². The molecule has 4 rings (SSSR count). The van der Waals surface area contributed by atoms with E-state index in [9.17, 15) is 4.79 Å². The van der Waals surface area contributed by atoms with Gasteiger partial charge in [0.25, 0.3) is 5.91 Å². The average Bonchev–Trinajstić information content (AvgIpc) is 3.34. The summed E-state index contributed by atoms with van der Waals surface area (Å²) in [5.74, 6) is 1.56. The van der Waals surface area contributed by atoms with Gasteiger partial charge in [0.15, 0.2) is 0 Å². The zero-order chi connectivity index (χ0) is 16.6. The maximum atomic E-state index is 12.9. The van der Waals surface area contributed by atoms with Crippen molar-refractivity contribution in [3.8, 4) is 0 Å². The second-order valence-corrected chi connectivity index (χ2v) is 8.06. The summed E-state index contributed by atoms with van der Waals surface area (Å²) in [5.41, 5.74) is 0.186. The minimum absolute atomic E-state index is 0.181. The van der Waals surface area contributed by atoms with E-state index in [1.54, 1.807) is 0 Å². The summed E-state index contributed by atoms with van der Waals surface area (Å²) in [6, 6.07) is 3.89. The van der Waals surface area contributed by atoms with Crippen LogP contribution < -0.4 is 0 Å². The molecule has 1 saturated heterocycles. The van der Waals surface area contributed by atoms with E-state index in [1.807, 2.05) is 23.8 Å². The quantitative estimate of drug-likeness (QED) is 0.855. The van der Waals surface area contributed by atoms with Crippen molar-refractivity contribution in [1.29, 1.82) is 0 Å². The zero-order valence-corrected chi connectivity index (χ0v) is 15.0. The lowest BCUT2D eigenvalue weighted by Gasteiger charge is -2.37. The topological polar surface area (TPSA) is 51.0 Å². The molecule has 3 heterocycles. The van der Waals surface area contributed by atoms with Gasteiger partial charge in [-0.2, -0.15) is 0 Å². The predicted molar refractivity (Wildman–Crippen MR) is 94.2 cm³/mol. The molecule has 1 saturated carbocycles. The SMILES string of the molecule is CCn1cnnc1C1CN(C(=O)c2cccs2)CC12CCCCC2. The van der Waals surface area contributed by atoms with Crippen molar-refractivity contribution < 1.29 is 4.79 Å². The Labute approximate surface area is 146 Å². The summed E-state index contributed by atoms with van der Waals surface area (Å²) < 4.78 is 2.15. The standard InChI is InChI=1S/C18H24N4OS/c1-2-21-13-19-20-16(21)14-11-22(17(23)15-7-6-10-24-15)12-18(14)8-4-3-5-9-18/h6-7,10,13-14H,2-5,8-9,11-12H2,1H3. The lowest BCUT2D eigenvalue weighted by Crippen LogP contribution is -2.34. The van der Waals surface area contributed by atoms with Crippen LogP contribution in [0.1, 0.15) is 60.4 Å². The van der Waals surface area contributed by atoms with Gasteiger partial charge in [0.2, 0.25) is 0 Å². The Bertz CT molecular complexity index is 702. The minimum Gasteiger partial charge on any atom is -0.337 e. The highest BCUT2D eigenvalue weighted by molar-refractivity contribution is 7.12. The number of aryl methyl sites for hydroxylation is 1. The summed E-state index contributed by atoms with van der Waals surface area (Å²) in [4.78, 5) is 15.8. The van der Waals surface area contributed by atoms with Crippen LogP contribution in [0, 0.1) is 5.41 Å². The van der Waals surface area contributed by atoms with Gasteiger partial charge in [-0.3, -0.25) is 4.79 Å². The number of aromatic nitrogens is 3. The fourth-order valence-corrected chi connectivity index (χ4v) is 5.27. The normalized spacial score (nSPS) is 23.0. The molecule has 0 aromatic carbocycles. The smallest absolute Gasteiger partial charge is 0.263 e. The van der Waals surface area contributed by atoms with E-state index in [4.69, 9.17) is 0 Å². The molecule has 5 nitrogen and oxygen atoms in total. The molecule has 1 amide bonds. The molecule has 2 aromatic heterocycles. The lowest BCUT2D eigenvalue weighted by molar-refractivity contribution is 0.0763. The van der Waals surface area contributed by atoms with Crippen molar-refractivity contribution in [2.45, 2.75) is 51.5 Å². The van der Waals surface area contributed by atoms with E-state index in [1.165, 1.54) is 43.4 Å². The summed E-state index contributed by atoms with van der Waals surface area (Å²) in [6.07, 6.45) is 8.06. The molecule has 1 atom stereocenters. The van der Waals surface area contributed by atoms with Crippen LogP contribution in [0.5, 0.6) is 0 Å². The summed E-state index contributed by atoms with van der Waals surface area (Å²) in [6.45, 7) is 4.65. The Hall–Kier alpha value is -1.69. The molecule has 1 unspecified atom stereocenters.